The second kappa shape index (κ2) is 12.5. The Morgan fingerprint density at radius 1 is 1.25 bits per heavy atom. The molecule has 1 fully saturated rings. The molecule has 1 aromatic carbocycles. The Morgan fingerprint density at radius 2 is 1.96 bits per heavy atom. The van der Waals surface area contributed by atoms with E-state index >= 15 is 0 Å². The lowest BCUT2D eigenvalue weighted by Gasteiger charge is -2.26. The molecule has 0 bridgehead atoms. The van der Waals surface area contributed by atoms with Crippen LogP contribution in [0.1, 0.15) is 74.2 Å². The van der Waals surface area contributed by atoms with Gasteiger partial charge in [-0.2, -0.15) is 0 Å². The molecule has 2 rings (SSSR count). The lowest BCUT2D eigenvalue weighted by molar-refractivity contribution is 0.0600. The Bertz CT molecular complexity index is 578. The minimum absolute atomic E-state index is 0.160. The summed E-state index contributed by atoms with van der Waals surface area (Å²) < 4.78 is 4.75. The number of esters is 1. The molecule has 5 heteroatoms. The summed E-state index contributed by atoms with van der Waals surface area (Å²) in [5.41, 5.74) is 1.80. The van der Waals surface area contributed by atoms with Gasteiger partial charge in [-0.3, -0.25) is 4.90 Å². The number of aliphatic hydroxyl groups is 1. The Hall–Kier alpha value is -1.10. The molecule has 1 aliphatic rings. The third-order valence-electron chi connectivity index (χ3n) is 5.81. The molecule has 0 aliphatic carbocycles. The Balaban J connectivity index is 1.75. The molecule has 0 saturated carbocycles. The molecule has 28 heavy (non-hydrogen) atoms. The van der Waals surface area contributed by atoms with Gasteiger partial charge in [0.15, 0.2) is 0 Å². The SMILES string of the molecule is CCCCC[C@H](O)CCCN1CC[C@@H](Cl)[C@@H]1CCc1ccc(C(=O)OC)cc1. The van der Waals surface area contributed by atoms with E-state index in [1.807, 2.05) is 24.3 Å². The maximum atomic E-state index is 11.5. The van der Waals surface area contributed by atoms with Crippen molar-refractivity contribution in [1.29, 1.82) is 0 Å². The average molecular weight is 410 g/mol. The van der Waals surface area contributed by atoms with Gasteiger partial charge in [0.25, 0.3) is 0 Å². The van der Waals surface area contributed by atoms with Gasteiger partial charge in [-0.05, 0) is 69.3 Å². The highest BCUT2D eigenvalue weighted by atomic mass is 35.5. The molecule has 3 atom stereocenters. The number of aliphatic hydroxyl groups excluding tert-OH is 1. The van der Waals surface area contributed by atoms with Gasteiger partial charge in [0.1, 0.15) is 0 Å². The van der Waals surface area contributed by atoms with Crippen LogP contribution < -0.4 is 0 Å². The largest absolute Gasteiger partial charge is 0.465 e. The number of unbranched alkanes of at least 4 members (excludes halogenated alkanes) is 2. The fourth-order valence-electron chi connectivity index (χ4n) is 4.06. The highest BCUT2D eigenvalue weighted by molar-refractivity contribution is 6.21. The molecule has 158 valence electrons. The molecule has 0 radical (unpaired) electrons. The second-order valence-electron chi connectivity index (χ2n) is 7.93. The Kier molecular flexibility index (Phi) is 10.3. The van der Waals surface area contributed by atoms with E-state index in [1.165, 1.54) is 25.5 Å². The van der Waals surface area contributed by atoms with Crippen LogP contribution in [0.25, 0.3) is 0 Å². The number of carbonyl (C=O) groups excluding carboxylic acids is 1. The molecule has 0 aromatic heterocycles. The number of likely N-dealkylation sites (tertiary alicyclic amines) is 1. The van der Waals surface area contributed by atoms with E-state index < -0.39 is 0 Å². The number of carbonyl (C=O) groups is 1. The standard InChI is InChI=1S/C23H36ClNO3/c1-3-4-5-7-20(26)8-6-16-25-17-15-21(24)22(25)14-11-18-9-12-19(13-10-18)23(27)28-2/h9-10,12-13,20-22,26H,3-8,11,14-17H2,1-2H3/t20-,21+,22-/m0/s1. The summed E-state index contributed by atoms with van der Waals surface area (Å²) >= 11 is 6.60. The maximum absolute atomic E-state index is 11.5. The molecule has 0 amide bonds. The second-order valence-corrected chi connectivity index (χ2v) is 8.49. The normalized spacial score (nSPS) is 21.0. The van der Waals surface area contributed by atoms with E-state index in [9.17, 15) is 9.90 Å². The number of benzene rings is 1. The fraction of sp³-hybridized carbons (Fsp3) is 0.696. The Labute approximate surface area is 175 Å². The summed E-state index contributed by atoms with van der Waals surface area (Å²) in [6.07, 6.45) is 9.22. The van der Waals surface area contributed by atoms with Gasteiger partial charge in [0.2, 0.25) is 0 Å². The van der Waals surface area contributed by atoms with E-state index in [0.29, 0.717) is 11.6 Å². The number of ether oxygens (including phenoxy) is 1. The maximum Gasteiger partial charge on any atom is 0.337 e. The highest BCUT2D eigenvalue weighted by Gasteiger charge is 2.31. The first-order chi connectivity index (χ1) is 13.5. The van der Waals surface area contributed by atoms with Crippen LogP contribution in [-0.2, 0) is 11.2 Å². The third kappa shape index (κ3) is 7.38. The number of methoxy groups -OCH3 is 1. The lowest BCUT2D eigenvalue weighted by Crippen LogP contribution is -2.34. The number of hydrogen-bond donors (Lipinski definition) is 1. The van der Waals surface area contributed by atoms with Crippen molar-refractivity contribution >= 4 is 17.6 Å². The molecule has 0 unspecified atom stereocenters. The predicted molar refractivity (Wildman–Crippen MR) is 115 cm³/mol. The molecule has 0 spiro atoms. The van der Waals surface area contributed by atoms with Crippen LogP contribution >= 0.6 is 11.6 Å². The van der Waals surface area contributed by atoms with Crippen LogP contribution in [0.4, 0.5) is 0 Å². The number of hydrogen-bond acceptors (Lipinski definition) is 4. The molecule has 1 aliphatic heterocycles. The van der Waals surface area contributed by atoms with Gasteiger partial charge in [-0.15, -0.1) is 11.6 Å². The minimum Gasteiger partial charge on any atom is -0.465 e. The van der Waals surface area contributed by atoms with Crippen molar-refractivity contribution in [3.8, 4) is 0 Å². The summed E-state index contributed by atoms with van der Waals surface area (Å²) in [4.78, 5) is 14.0. The topological polar surface area (TPSA) is 49.8 Å². The summed E-state index contributed by atoms with van der Waals surface area (Å²) in [7, 11) is 1.40. The zero-order chi connectivity index (χ0) is 20.4. The molecular weight excluding hydrogens is 374 g/mol. The third-order valence-corrected chi connectivity index (χ3v) is 6.32. The van der Waals surface area contributed by atoms with Crippen molar-refractivity contribution in [3.05, 3.63) is 35.4 Å². The van der Waals surface area contributed by atoms with Crippen molar-refractivity contribution in [2.75, 3.05) is 20.2 Å². The van der Waals surface area contributed by atoms with Crippen LogP contribution in [0.2, 0.25) is 0 Å². The fourth-order valence-corrected chi connectivity index (χ4v) is 4.44. The van der Waals surface area contributed by atoms with E-state index in [1.54, 1.807) is 0 Å². The van der Waals surface area contributed by atoms with Crippen LogP contribution in [0.15, 0.2) is 24.3 Å². The Morgan fingerprint density at radius 3 is 2.64 bits per heavy atom. The molecule has 1 N–H and O–H groups in total. The average Bonchev–Trinajstić information content (AvgIpc) is 3.06. The van der Waals surface area contributed by atoms with Crippen molar-refractivity contribution < 1.29 is 14.6 Å². The van der Waals surface area contributed by atoms with Gasteiger partial charge in [-0.25, -0.2) is 4.79 Å². The number of nitrogens with zero attached hydrogens (tertiary/aromatic N) is 1. The van der Waals surface area contributed by atoms with Crippen molar-refractivity contribution in [1.82, 2.24) is 4.90 Å². The molecular formula is C23H36ClNO3. The molecule has 4 nitrogen and oxygen atoms in total. The van der Waals surface area contributed by atoms with Gasteiger partial charge >= 0.3 is 5.97 Å². The summed E-state index contributed by atoms with van der Waals surface area (Å²) in [6, 6.07) is 8.04. The van der Waals surface area contributed by atoms with Gasteiger partial charge in [0.05, 0.1) is 24.2 Å². The summed E-state index contributed by atoms with van der Waals surface area (Å²) in [5.74, 6) is -0.300. The van der Waals surface area contributed by atoms with Gasteiger partial charge in [0, 0.05) is 6.04 Å². The number of rotatable bonds is 12. The minimum atomic E-state index is -0.300. The first-order valence-corrected chi connectivity index (χ1v) is 11.2. The van der Waals surface area contributed by atoms with E-state index in [0.717, 1.165) is 58.0 Å². The quantitative estimate of drug-likeness (QED) is 0.306. The monoisotopic (exact) mass is 409 g/mol. The highest BCUT2D eigenvalue weighted by Crippen LogP contribution is 2.27. The van der Waals surface area contributed by atoms with Gasteiger partial charge < -0.3 is 9.84 Å². The van der Waals surface area contributed by atoms with Crippen molar-refractivity contribution in [3.63, 3.8) is 0 Å². The molecule has 1 heterocycles. The van der Waals surface area contributed by atoms with Crippen LogP contribution in [-0.4, -0.2) is 53.7 Å². The summed E-state index contributed by atoms with van der Waals surface area (Å²) in [6.45, 7) is 4.25. The van der Waals surface area contributed by atoms with E-state index in [2.05, 4.69) is 11.8 Å². The van der Waals surface area contributed by atoms with E-state index in [4.69, 9.17) is 16.3 Å². The van der Waals surface area contributed by atoms with Crippen LogP contribution in [0.3, 0.4) is 0 Å². The zero-order valence-corrected chi connectivity index (χ0v) is 18.2. The van der Waals surface area contributed by atoms with Crippen LogP contribution in [0, 0.1) is 0 Å². The predicted octanol–water partition coefficient (Wildman–Crippen LogP) is 4.81. The van der Waals surface area contributed by atoms with Gasteiger partial charge in [-0.1, -0.05) is 38.3 Å². The number of alkyl halides is 1. The molecule has 1 aromatic rings. The van der Waals surface area contributed by atoms with Crippen molar-refractivity contribution in [2.45, 2.75) is 82.2 Å². The zero-order valence-electron chi connectivity index (χ0n) is 17.4. The molecule has 1 saturated heterocycles. The number of halogens is 1. The van der Waals surface area contributed by atoms with Crippen LogP contribution in [0.5, 0.6) is 0 Å². The first-order valence-electron chi connectivity index (χ1n) is 10.8. The smallest absolute Gasteiger partial charge is 0.337 e. The van der Waals surface area contributed by atoms with E-state index in [-0.39, 0.29) is 17.5 Å². The lowest BCUT2D eigenvalue weighted by atomic mass is 10.0. The first kappa shape index (κ1) is 23.2. The van der Waals surface area contributed by atoms with Crippen molar-refractivity contribution in [2.24, 2.45) is 0 Å². The summed E-state index contributed by atoms with van der Waals surface area (Å²) in [5, 5.41) is 10.3. The number of aryl methyl sites for hydroxylation is 1.